The van der Waals surface area contributed by atoms with Crippen molar-refractivity contribution in [2.24, 2.45) is 0 Å². The molecule has 1 aromatic rings. The summed E-state index contributed by atoms with van der Waals surface area (Å²) in [5, 5.41) is 0. The predicted octanol–water partition coefficient (Wildman–Crippen LogP) is 1.79. The average molecular weight is 149 g/mol. The third-order valence-electron chi connectivity index (χ3n) is 1.30. The van der Waals surface area contributed by atoms with E-state index < -0.39 is 0 Å². The molecule has 1 rings (SSSR count). The lowest BCUT2D eigenvalue weighted by molar-refractivity contribution is 0.622. The van der Waals surface area contributed by atoms with E-state index in [4.69, 9.17) is 6.42 Å². The highest BCUT2D eigenvalue weighted by molar-refractivity contribution is 5.07. The average Bonchev–Trinajstić information content (AvgIpc) is 2.01. The molecule has 0 aliphatic carbocycles. The van der Waals surface area contributed by atoms with Crippen LogP contribution >= 0.6 is 0 Å². The Bertz CT molecular complexity index is 275. The molecular formula is C9H8FN. The molecule has 0 aliphatic heterocycles. The van der Waals surface area contributed by atoms with Gasteiger partial charge in [0.15, 0.2) is 0 Å². The van der Waals surface area contributed by atoms with Crippen LogP contribution in [0.1, 0.15) is 12.1 Å². The molecule has 0 spiro atoms. The van der Waals surface area contributed by atoms with Gasteiger partial charge in [-0.15, -0.1) is 12.3 Å². The van der Waals surface area contributed by atoms with Crippen LogP contribution in [-0.2, 0) is 6.42 Å². The molecule has 1 aromatic heterocycles. The van der Waals surface area contributed by atoms with Crippen molar-refractivity contribution < 1.29 is 4.39 Å². The van der Waals surface area contributed by atoms with Gasteiger partial charge < -0.3 is 0 Å². The molecule has 1 nitrogen and oxygen atoms in total. The van der Waals surface area contributed by atoms with E-state index in [1.807, 2.05) is 0 Å². The number of hydrogen-bond donors (Lipinski definition) is 0. The van der Waals surface area contributed by atoms with Crippen LogP contribution in [0.15, 0.2) is 18.3 Å². The van der Waals surface area contributed by atoms with Crippen molar-refractivity contribution in [1.82, 2.24) is 4.98 Å². The van der Waals surface area contributed by atoms with Gasteiger partial charge >= 0.3 is 0 Å². The molecule has 0 fully saturated rings. The van der Waals surface area contributed by atoms with Crippen molar-refractivity contribution in [2.45, 2.75) is 12.8 Å². The van der Waals surface area contributed by atoms with Crippen molar-refractivity contribution in [3.05, 3.63) is 29.8 Å². The molecule has 0 saturated heterocycles. The Morgan fingerprint density at radius 3 is 3.09 bits per heavy atom. The zero-order valence-corrected chi connectivity index (χ0v) is 6.05. The highest BCUT2D eigenvalue weighted by Crippen LogP contribution is 2.01. The number of halogens is 1. The van der Waals surface area contributed by atoms with Crippen LogP contribution in [0.4, 0.5) is 4.39 Å². The van der Waals surface area contributed by atoms with Crippen LogP contribution in [0.2, 0.25) is 0 Å². The number of hydrogen-bond acceptors (Lipinski definition) is 1. The first-order valence-corrected chi connectivity index (χ1v) is 3.37. The molecular weight excluding hydrogens is 141 g/mol. The van der Waals surface area contributed by atoms with Crippen molar-refractivity contribution >= 4 is 0 Å². The zero-order valence-electron chi connectivity index (χ0n) is 6.05. The van der Waals surface area contributed by atoms with Gasteiger partial charge in [0.05, 0.1) is 0 Å². The van der Waals surface area contributed by atoms with Crippen molar-refractivity contribution in [3.8, 4) is 12.3 Å². The lowest BCUT2D eigenvalue weighted by Gasteiger charge is -1.94. The van der Waals surface area contributed by atoms with Crippen LogP contribution in [0, 0.1) is 18.2 Å². The van der Waals surface area contributed by atoms with E-state index in [9.17, 15) is 4.39 Å². The number of aryl methyl sites for hydroxylation is 1. The summed E-state index contributed by atoms with van der Waals surface area (Å²) in [4.78, 5) is 3.94. The summed E-state index contributed by atoms with van der Waals surface area (Å²) in [7, 11) is 0. The lowest BCUT2D eigenvalue weighted by atomic mass is 10.2. The summed E-state index contributed by atoms with van der Waals surface area (Å²) in [6, 6.07) is 2.72. The molecule has 0 N–H and O–H groups in total. The minimum absolute atomic E-state index is 0.257. The van der Waals surface area contributed by atoms with Gasteiger partial charge in [-0.05, 0) is 12.1 Å². The topological polar surface area (TPSA) is 12.9 Å². The lowest BCUT2D eigenvalue weighted by Crippen LogP contribution is -1.89. The molecule has 0 atom stereocenters. The highest BCUT2D eigenvalue weighted by Gasteiger charge is 1.94. The van der Waals surface area contributed by atoms with Gasteiger partial charge in [0, 0.05) is 24.7 Å². The van der Waals surface area contributed by atoms with Gasteiger partial charge in [-0.25, -0.2) is 4.39 Å². The quantitative estimate of drug-likeness (QED) is 0.584. The van der Waals surface area contributed by atoms with Crippen LogP contribution < -0.4 is 0 Å². The van der Waals surface area contributed by atoms with Gasteiger partial charge in [-0.1, -0.05) is 0 Å². The summed E-state index contributed by atoms with van der Waals surface area (Å²) < 4.78 is 12.5. The van der Waals surface area contributed by atoms with Crippen molar-refractivity contribution in [1.29, 1.82) is 0 Å². The smallest absolute Gasteiger partial charge is 0.126 e. The summed E-state index contributed by atoms with van der Waals surface area (Å²) in [5.74, 6) is 2.22. The molecule has 0 unspecified atom stereocenters. The first-order valence-electron chi connectivity index (χ1n) is 3.37. The first kappa shape index (κ1) is 7.74. The summed E-state index contributed by atoms with van der Waals surface area (Å²) in [6.07, 6.45) is 7.74. The second-order valence-electron chi connectivity index (χ2n) is 2.17. The Kier molecular flexibility index (Phi) is 2.62. The predicted molar refractivity (Wildman–Crippen MR) is 41.3 cm³/mol. The van der Waals surface area contributed by atoms with Crippen LogP contribution in [0.25, 0.3) is 0 Å². The standard InChI is InChI=1S/C9H8FN/c1-2-3-4-9-7-8(10)5-6-11-9/h1,5-7H,3-4H2. The summed E-state index contributed by atoms with van der Waals surface area (Å²) in [6.45, 7) is 0. The van der Waals surface area contributed by atoms with Gasteiger partial charge in [-0.3, -0.25) is 4.98 Å². The van der Waals surface area contributed by atoms with Gasteiger partial charge in [0.1, 0.15) is 5.82 Å². The minimum Gasteiger partial charge on any atom is -0.261 e. The fourth-order valence-electron chi connectivity index (χ4n) is 0.786. The summed E-state index contributed by atoms with van der Waals surface area (Å²) >= 11 is 0. The molecule has 0 bridgehead atoms. The molecule has 2 heteroatoms. The fourth-order valence-corrected chi connectivity index (χ4v) is 0.786. The van der Waals surface area contributed by atoms with E-state index in [1.54, 1.807) is 0 Å². The molecule has 0 amide bonds. The highest BCUT2D eigenvalue weighted by atomic mass is 19.1. The number of aromatic nitrogens is 1. The maximum atomic E-state index is 12.5. The minimum atomic E-state index is -0.257. The monoisotopic (exact) mass is 149 g/mol. The maximum Gasteiger partial charge on any atom is 0.126 e. The van der Waals surface area contributed by atoms with Crippen LogP contribution in [-0.4, -0.2) is 4.98 Å². The van der Waals surface area contributed by atoms with Crippen LogP contribution in [0.3, 0.4) is 0 Å². The fraction of sp³-hybridized carbons (Fsp3) is 0.222. The Hall–Kier alpha value is -1.36. The zero-order chi connectivity index (χ0) is 8.10. The first-order chi connectivity index (χ1) is 5.33. The number of terminal acetylenes is 1. The molecule has 1 heterocycles. The second kappa shape index (κ2) is 3.72. The molecule has 0 aromatic carbocycles. The third-order valence-corrected chi connectivity index (χ3v) is 1.30. The van der Waals surface area contributed by atoms with E-state index in [2.05, 4.69) is 10.9 Å². The SMILES string of the molecule is C#CCCc1cc(F)ccn1. The van der Waals surface area contributed by atoms with Crippen LogP contribution in [0.5, 0.6) is 0 Å². The summed E-state index contributed by atoms with van der Waals surface area (Å²) in [5.41, 5.74) is 0.711. The molecule has 56 valence electrons. The van der Waals surface area contributed by atoms with E-state index in [0.717, 1.165) is 0 Å². The second-order valence-corrected chi connectivity index (χ2v) is 2.17. The molecule has 0 radical (unpaired) electrons. The molecule has 0 aliphatic rings. The van der Waals surface area contributed by atoms with E-state index >= 15 is 0 Å². The van der Waals surface area contributed by atoms with Gasteiger partial charge in [-0.2, -0.15) is 0 Å². The van der Waals surface area contributed by atoms with E-state index in [1.165, 1.54) is 18.3 Å². The molecule has 11 heavy (non-hydrogen) atoms. The van der Waals surface area contributed by atoms with Gasteiger partial charge in [0.25, 0.3) is 0 Å². The Morgan fingerprint density at radius 2 is 2.45 bits per heavy atom. The Morgan fingerprint density at radius 1 is 1.64 bits per heavy atom. The van der Waals surface area contributed by atoms with E-state index in [0.29, 0.717) is 18.5 Å². The molecule has 0 saturated carbocycles. The Labute approximate surface area is 65.3 Å². The maximum absolute atomic E-state index is 12.5. The van der Waals surface area contributed by atoms with Gasteiger partial charge in [0.2, 0.25) is 0 Å². The third kappa shape index (κ3) is 2.38. The Balaban J connectivity index is 2.65. The largest absolute Gasteiger partial charge is 0.261 e. The number of nitrogens with zero attached hydrogens (tertiary/aromatic N) is 1. The van der Waals surface area contributed by atoms with Crippen molar-refractivity contribution in [3.63, 3.8) is 0 Å². The van der Waals surface area contributed by atoms with E-state index in [-0.39, 0.29) is 5.82 Å². The van der Waals surface area contributed by atoms with Crippen molar-refractivity contribution in [2.75, 3.05) is 0 Å². The number of rotatable bonds is 2. The number of pyridine rings is 1. The normalized spacial score (nSPS) is 9.09.